The lowest BCUT2D eigenvalue weighted by Crippen LogP contribution is -2.44. The van der Waals surface area contributed by atoms with Crippen molar-refractivity contribution in [1.29, 1.82) is 0 Å². The predicted molar refractivity (Wildman–Crippen MR) is 144 cm³/mol. The van der Waals surface area contributed by atoms with Crippen molar-refractivity contribution in [2.45, 2.75) is 52.1 Å². The molecule has 6 nitrogen and oxygen atoms in total. The predicted octanol–water partition coefficient (Wildman–Crippen LogP) is 6.40. The fourth-order valence-electron chi connectivity index (χ4n) is 6.07. The lowest BCUT2D eigenvalue weighted by atomic mass is 9.89. The number of aliphatic carboxylic acids is 1. The van der Waals surface area contributed by atoms with Crippen LogP contribution in [0.1, 0.15) is 59.6 Å². The average molecular weight is 515 g/mol. The second kappa shape index (κ2) is 9.66. The standard InChI is InChI=1S/C32H34O6/c1-19-11-23(37-18-32(3)16-35-17-32)12-20(2)31(19)27-6-4-5-26-25(27)9-10-28(26)38-22-7-8-24-21(13-30(33)34)15-36-29(24)14-22/h4-8,11-12,14,21,28H,9-10,13,15-18H2,1-3H3,(H,33,34)/t21-,28-/m1/s1. The Morgan fingerprint density at radius 3 is 2.55 bits per heavy atom. The highest BCUT2D eigenvalue weighted by atomic mass is 16.5. The summed E-state index contributed by atoms with van der Waals surface area (Å²) >= 11 is 0. The van der Waals surface area contributed by atoms with E-state index in [1.165, 1.54) is 33.4 Å². The number of aryl methyl sites for hydroxylation is 2. The number of rotatable bonds is 8. The van der Waals surface area contributed by atoms with E-state index in [0.29, 0.717) is 13.2 Å². The van der Waals surface area contributed by atoms with Crippen molar-refractivity contribution in [3.05, 3.63) is 76.3 Å². The van der Waals surface area contributed by atoms with Gasteiger partial charge in [0.2, 0.25) is 0 Å². The number of benzene rings is 3. The molecule has 3 aromatic rings. The molecular formula is C32H34O6. The summed E-state index contributed by atoms with van der Waals surface area (Å²) in [4.78, 5) is 11.2. The molecule has 1 N–H and O–H groups in total. The molecule has 2 atom stereocenters. The van der Waals surface area contributed by atoms with Gasteiger partial charge in [0.15, 0.2) is 0 Å². The Morgan fingerprint density at radius 1 is 1.05 bits per heavy atom. The van der Waals surface area contributed by atoms with Crippen molar-refractivity contribution >= 4 is 5.97 Å². The third kappa shape index (κ3) is 4.62. The normalized spacial score (nSPS) is 20.7. The third-order valence-corrected chi connectivity index (χ3v) is 8.04. The summed E-state index contributed by atoms with van der Waals surface area (Å²) in [6.07, 6.45) is 1.90. The first-order valence-electron chi connectivity index (χ1n) is 13.4. The number of ether oxygens (including phenoxy) is 4. The molecule has 0 aromatic heterocycles. The minimum absolute atomic E-state index is 0.0344. The molecule has 2 heterocycles. The summed E-state index contributed by atoms with van der Waals surface area (Å²) < 4.78 is 23.8. The number of carbonyl (C=O) groups is 1. The van der Waals surface area contributed by atoms with Crippen LogP contribution in [-0.4, -0.2) is 37.5 Å². The first kappa shape index (κ1) is 24.8. The van der Waals surface area contributed by atoms with Crippen LogP contribution in [0, 0.1) is 19.3 Å². The monoisotopic (exact) mass is 514 g/mol. The van der Waals surface area contributed by atoms with Crippen LogP contribution in [0.25, 0.3) is 11.1 Å². The van der Waals surface area contributed by atoms with Crippen molar-refractivity contribution < 1.29 is 28.8 Å². The molecular weight excluding hydrogens is 480 g/mol. The molecule has 0 spiro atoms. The van der Waals surface area contributed by atoms with Gasteiger partial charge in [0, 0.05) is 23.0 Å². The van der Waals surface area contributed by atoms with Gasteiger partial charge in [-0.15, -0.1) is 0 Å². The topological polar surface area (TPSA) is 74.2 Å². The Labute approximate surface area is 223 Å². The Balaban J connectivity index is 1.22. The molecule has 0 unspecified atom stereocenters. The molecule has 0 amide bonds. The number of fused-ring (bicyclic) bond motifs is 2. The van der Waals surface area contributed by atoms with E-state index in [-0.39, 0.29) is 23.9 Å². The molecule has 0 bridgehead atoms. The Kier molecular flexibility index (Phi) is 6.31. The van der Waals surface area contributed by atoms with Crippen LogP contribution in [0.15, 0.2) is 48.5 Å². The summed E-state index contributed by atoms with van der Waals surface area (Å²) in [6, 6.07) is 16.6. The van der Waals surface area contributed by atoms with Crippen molar-refractivity contribution in [3.8, 4) is 28.4 Å². The molecule has 1 aliphatic carbocycles. The number of carboxylic acids is 1. The van der Waals surface area contributed by atoms with Gasteiger partial charge in [-0.3, -0.25) is 4.79 Å². The first-order chi connectivity index (χ1) is 18.3. The van der Waals surface area contributed by atoms with Crippen molar-refractivity contribution in [2.24, 2.45) is 5.41 Å². The molecule has 6 rings (SSSR count). The van der Waals surface area contributed by atoms with Crippen molar-refractivity contribution in [2.75, 3.05) is 26.4 Å². The zero-order chi connectivity index (χ0) is 26.4. The molecule has 198 valence electrons. The zero-order valence-corrected chi connectivity index (χ0v) is 22.2. The van der Waals surface area contributed by atoms with Gasteiger partial charge in [0.1, 0.15) is 23.4 Å². The minimum atomic E-state index is -0.809. The van der Waals surface area contributed by atoms with Gasteiger partial charge >= 0.3 is 5.97 Å². The second-order valence-electron chi connectivity index (χ2n) is 11.3. The summed E-state index contributed by atoms with van der Waals surface area (Å²) in [5.41, 5.74) is 8.58. The Hall–Kier alpha value is -3.51. The smallest absolute Gasteiger partial charge is 0.304 e. The summed E-state index contributed by atoms with van der Waals surface area (Å²) in [6.45, 7) is 9.10. The van der Waals surface area contributed by atoms with Crippen LogP contribution >= 0.6 is 0 Å². The maximum absolute atomic E-state index is 11.2. The van der Waals surface area contributed by atoms with E-state index in [1.54, 1.807) is 0 Å². The highest BCUT2D eigenvalue weighted by Crippen LogP contribution is 2.44. The van der Waals surface area contributed by atoms with E-state index in [1.807, 2.05) is 18.2 Å². The zero-order valence-electron chi connectivity index (χ0n) is 22.2. The summed E-state index contributed by atoms with van der Waals surface area (Å²) in [5, 5.41) is 9.16. The molecule has 2 aliphatic heterocycles. The van der Waals surface area contributed by atoms with Crippen LogP contribution in [0.2, 0.25) is 0 Å². The SMILES string of the molecule is Cc1cc(OCC2(C)COC2)cc(C)c1-c1cccc2c1CC[C@H]2Oc1ccc2c(c1)OC[C@H]2CC(=O)O. The summed E-state index contributed by atoms with van der Waals surface area (Å²) in [7, 11) is 0. The molecule has 1 saturated heterocycles. The molecule has 0 saturated carbocycles. The lowest BCUT2D eigenvalue weighted by molar-refractivity contribution is -0.137. The van der Waals surface area contributed by atoms with Crippen LogP contribution in [0.5, 0.6) is 17.2 Å². The van der Waals surface area contributed by atoms with E-state index in [9.17, 15) is 4.79 Å². The van der Waals surface area contributed by atoms with Crippen molar-refractivity contribution in [3.63, 3.8) is 0 Å². The maximum Gasteiger partial charge on any atom is 0.304 e. The first-order valence-corrected chi connectivity index (χ1v) is 13.4. The fourth-order valence-corrected chi connectivity index (χ4v) is 6.07. The van der Waals surface area contributed by atoms with Gasteiger partial charge in [0.25, 0.3) is 0 Å². The summed E-state index contributed by atoms with van der Waals surface area (Å²) in [5.74, 6) is 1.48. The van der Waals surface area contributed by atoms with E-state index in [4.69, 9.17) is 24.1 Å². The Morgan fingerprint density at radius 2 is 1.84 bits per heavy atom. The second-order valence-corrected chi connectivity index (χ2v) is 11.3. The van der Waals surface area contributed by atoms with E-state index in [0.717, 1.165) is 48.9 Å². The van der Waals surface area contributed by atoms with E-state index in [2.05, 4.69) is 51.1 Å². The van der Waals surface area contributed by atoms with Crippen LogP contribution < -0.4 is 14.2 Å². The number of hydrogen-bond acceptors (Lipinski definition) is 5. The maximum atomic E-state index is 11.2. The highest BCUT2D eigenvalue weighted by Gasteiger charge is 2.34. The van der Waals surface area contributed by atoms with Gasteiger partial charge in [-0.1, -0.05) is 31.2 Å². The van der Waals surface area contributed by atoms with Gasteiger partial charge in [-0.05, 0) is 78.3 Å². The molecule has 3 aliphatic rings. The average Bonchev–Trinajstić information content (AvgIpc) is 3.45. The molecule has 3 aromatic carbocycles. The quantitative estimate of drug-likeness (QED) is 0.375. The highest BCUT2D eigenvalue weighted by molar-refractivity contribution is 5.76. The van der Waals surface area contributed by atoms with E-state index < -0.39 is 5.97 Å². The fraction of sp³-hybridized carbons (Fsp3) is 0.406. The van der Waals surface area contributed by atoms with Crippen LogP contribution in [-0.2, 0) is 16.0 Å². The van der Waals surface area contributed by atoms with Crippen LogP contribution in [0.3, 0.4) is 0 Å². The largest absolute Gasteiger partial charge is 0.493 e. The Bertz CT molecular complexity index is 1370. The van der Waals surface area contributed by atoms with Gasteiger partial charge in [0.05, 0.1) is 32.8 Å². The number of carboxylic acid groups (broad SMARTS) is 1. The van der Waals surface area contributed by atoms with E-state index >= 15 is 0 Å². The lowest BCUT2D eigenvalue weighted by Gasteiger charge is -2.37. The molecule has 1 fully saturated rings. The molecule has 38 heavy (non-hydrogen) atoms. The van der Waals surface area contributed by atoms with Crippen molar-refractivity contribution in [1.82, 2.24) is 0 Å². The molecule has 6 heteroatoms. The van der Waals surface area contributed by atoms with Gasteiger partial charge < -0.3 is 24.1 Å². The minimum Gasteiger partial charge on any atom is -0.493 e. The number of hydrogen-bond donors (Lipinski definition) is 1. The van der Waals surface area contributed by atoms with Gasteiger partial charge in [-0.2, -0.15) is 0 Å². The molecule has 0 radical (unpaired) electrons. The third-order valence-electron chi connectivity index (χ3n) is 8.04. The van der Waals surface area contributed by atoms with Crippen LogP contribution in [0.4, 0.5) is 0 Å². The van der Waals surface area contributed by atoms with Gasteiger partial charge in [-0.25, -0.2) is 0 Å².